The van der Waals surface area contributed by atoms with Crippen molar-refractivity contribution in [3.8, 4) is 0 Å². The first-order valence-corrected chi connectivity index (χ1v) is 5.63. The molecule has 0 spiro atoms. The lowest BCUT2D eigenvalue weighted by Crippen LogP contribution is -2.04. The van der Waals surface area contributed by atoms with Crippen molar-refractivity contribution in [2.45, 2.75) is 13.5 Å². The van der Waals surface area contributed by atoms with E-state index in [9.17, 15) is 4.39 Å². The van der Waals surface area contributed by atoms with Crippen LogP contribution >= 0.6 is 11.6 Å². The van der Waals surface area contributed by atoms with Gasteiger partial charge in [-0.05, 0) is 24.6 Å². The van der Waals surface area contributed by atoms with Gasteiger partial charge in [-0.2, -0.15) is 0 Å². The van der Waals surface area contributed by atoms with Crippen LogP contribution in [0.15, 0.2) is 24.4 Å². The molecular weight excluding hydrogens is 241 g/mol. The SMILES string of the molecule is CNc1nc(C)cn1Cc1ccc(F)c(Cl)c1. The predicted octanol–water partition coefficient (Wildman–Crippen LogP) is 3.07. The van der Waals surface area contributed by atoms with E-state index < -0.39 is 5.82 Å². The van der Waals surface area contributed by atoms with E-state index in [0.29, 0.717) is 6.54 Å². The highest BCUT2D eigenvalue weighted by Gasteiger charge is 2.06. The smallest absolute Gasteiger partial charge is 0.203 e. The number of aromatic nitrogens is 2. The number of nitrogens with zero attached hydrogens (tertiary/aromatic N) is 2. The number of halogens is 2. The summed E-state index contributed by atoms with van der Waals surface area (Å²) in [4.78, 5) is 4.31. The summed E-state index contributed by atoms with van der Waals surface area (Å²) in [6.45, 7) is 2.53. The van der Waals surface area contributed by atoms with E-state index in [1.54, 1.807) is 12.1 Å². The zero-order valence-electron chi connectivity index (χ0n) is 9.67. The molecule has 2 aromatic rings. The predicted molar refractivity (Wildman–Crippen MR) is 67.0 cm³/mol. The van der Waals surface area contributed by atoms with Gasteiger partial charge < -0.3 is 9.88 Å². The highest BCUT2D eigenvalue weighted by molar-refractivity contribution is 6.30. The quantitative estimate of drug-likeness (QED) is 0.911. The number of rotatable bonds is 3. The first-order chi connectivity index (χ1) is 8.10. The summed E-state index contributed by atoms with van der Waals surface area (Å²) in [5, 5.41) is 3.15. The molecule has 17 heavy (non-hydrogen) atoms. The van der Waals surface area contributed by atoms with Crippen molar-refractivity contribution in [1.82, 2.24) is 9.55 Å². The summed E-state index contributed by atoms with van der Waals surface area (Å²) in [6, 6.07) is 4.72. The molecule has 3 nitrogen and oxygen atoms in total. The standard InChI is InChI=1S/C12H13ClFN3/c1-8-6-17(12(15-2)16-8)7-9-3-4-11(14)10(13)5-9/h3-6H,7H2,1-2H3,(H,15,16). The zero-order chi connectivity index (χ0) is 12.4. The molecule has 0 unspecified atom stereocenters. The largest absolute Gasteiger partial charge is 0.359 e. The average Bonchev–Trinajstić information content (AvgIpc) is 2.64. The molecule has 0 bridgehead atoms. The van der Waals surface area contributed by atoms with Gasteiger partial charge in [0.15, 0.2) is 0 Å². The minimum atomic E-state index is -0.397. The van der Waals surface area contributed by atoms with E-state index in [4.69, 9.17) is 11.6 Å². The second-order valence-electron chi connectivity index (χ2n) is 3.83. The summed E-state index contributed by atoms with van der Waals surface area (Å²) in [5.74, 6) is 0.383. The first kappa shape index (κ1) is 11.9. The summed E-state index contributed by atoms with van der Waals surface area (Å²) in [7, 11) is 1.82. The molecule has 0 radical (unpaired) electrons. The van der Waals surface area contributed by atoms with Crippen LogP contribution in [0.2, 0.25) is 5.02 Å². The van der Waals surface area contributed by atoms with Crippen LogP contribution < -0.4 is 5.32 Å². The Bertz CT molecular complexity index is 537. The number of benzene rings is 1. The van der Waals surface area contributed by atoms with Gasteiger partial charge in [-0.15, -0.1) is 0 Å². The molecular formula is C12H13ClFN3. The Balaban J connectivity index is 2.27. The Hall–Kier alpha value is -1.55. The van der Waals surface area contributed by atoms with E-state index in [-0.39, 0.29) is 5.02 Å². The number of nitrogens with one attached hydrogen (secondary N) is 1. The average molecular weight is 254 g/mol. The van der Waals surface area contributed by atoms with Gasteiger partial charge in [0, 0.05) is 13.2 Å². The molecule has 1 aromatic heterocycles. The van der Waals surface area contributed by atoms with Crippen molar-refractivity contribution in [2.24, 2.45) is 0 Å². The number of hydrogen-bond donors (Lipinski definition) is 1. The lowest BCUT2D eigenvalue weighted by Gasteiger charge is -2.07. The Kier molecular flexibility index (Phi) is 3.33. The highest BCUT2D eigenvalue weighted by atomic mass is 35.5. The normalized spacial score (nSPS) is 10.6. The van der Waals surface area contributed by atoms with Crippen LogP contribution in [-0.4, -0.2) is 16.6 Å². The van der Waals surface area contributed by atoms with E-state index >= 15 is 0 Å². The molecule has 0 aliphatic heterocycles. The summed E-state index contributed by atoms with van der Waals surface area (Å²) in [5.41, 5.74) is 1.87. The van der Waals surface area contributed by atoms with Crippen molar-refractivity contribution >= 4 is 17.5 Å². The minimum Gasteiger partial charge on any atom is -0.359 e. The monoisotopic (exact) mass is 253 g/mol. The Morgan fingerprint density at radius 3 is 2.88 bits per heavy atom. The fourth-order valence-corrected chi connectivity index (χ4v) is 1.90. The molecule has 0 fully saturated rings. The van der Waals surface area contributed by atoms with Crippen molar-refractivity contribution in [1.29, 1.82) is 0 Å². The maximum atomic E-state index is 13.0. The molecule has 2 rings (SSSR count). The molecule has 90 valence electrons. The third-order valence-electron chi connectivity index (χ3n) is 2.46. The molecule has 0 amide bonds. The van der Waals surface area contributed by atoms with Gasteiger partial charge in [0.2, 0.25) is 5.95 Å². The molecule has 5 heteroatoms. The lowest BCUT2D eigenvalue weighted by molar-refractivity contribution is 0.627. The van der Waals surface area contributed by atoms with E-state index in [0.717, 1.165) is 17.2 Å². The second-order valence-corrected chi connectivity index (χ2v) is 4.24. The van der Waals surface area contributed by atoms with Gasteiger partial charge in [-0.3, -0.25) is 0 Å². The van der Waals surface area contributed by atoms with Crippen LogP contribution in [0.1, 0.15) is 11.3 Å². The van der Waals surface area contributed by atoms with Crippen molar-refractivity contribution < 1.29 is 4.39 Å². The van der Waals surface area contributed by atoms with Gasteiger partial charge in [0.25, 0.3) is 0 Å². The van der Waals surface area contributed by atoms with E-state index in [1.807, 2.05) is 24.7 Å². The van der Waals surface area contributed by atoms with E-state index in [2.05, 4.69) is 10.3 Å². The number of aryl methyl sites for hydroxylation is 1. The van der Waals surface area contributed by atoms with Crippen molar-refractivity contribution in [3.63, 3.8) is 0 Å². The van der Waals surface area contributed by atoms with Crippen molar-refractivity contribution in [2.75, 3.05) is 12.4 Å². The molecule has 0 atom stereocenters. The molecule has 0 aliphatic carbocycles. The van der Waals surface area contributed by atoms with Crippen LogP contribution in [0.3, 0.4) is 0 Å². The fraction of sp³-hybridized carbons (Fsp3) is 0.250. The maximum Gasteiger partial charge on any atom is 0.203 e. The van der Waals surface area contributed by atoms with Gasteiger partial charge in [-0.1, -0.05) is 17.7 Å². The molecule has 1 aromatic carbocycles. The third-order valence-corrected chi connectivity index (χ3v) is 2.75. The lowest BCUT2D eigenvalue weighted by atomic mass is 10.2. The molecule has 0 saturated carbocycles. The Morgan fingerprint density at radius 2 is 2.24 bits per heavy atom. The second kappa shape index (κ2) is 4.75. The highest BCUT2D eigenvalue weighted by Crippen LogP contribution is 2.18. The van der Waals surface area contributed by atoms with Gasteiger partial charge >= 0.3 is 0 Å². The van der Waals surface area contributed by atoms with Gasteiger partial charge in [0.05, 0.1) is 17.3 Å². The summed E-state index contributed by atoms with van der Waals surface area (Å²) in [6.07, 6.45) is 1.93. The van der Waals surface area contributed by atoms with Crippen LogP contribution in [0.5, 0.6) is 0 Å². The van der Waals surface area contributed by atoms with Gasteiger partial charge in [-0.25, -0.2) is 9.37 Å². The minimum absolute atomic E-state index is 0.144. The molecule has 0 aliphatic rings. The van der Waals surface area contributed by atoms with Crippen LogP contribution in [-0.2, 0) is 6.54 Å². The number of hydrogen-bond acceptors (Lipinski definition) is 2. The fourth-order valence-electron chi connectivity index (χ4n) is 1.70. The number of anilines is 1. The first-order valence-electron chi connectivity index (χ1n) is 5.25. The summed E-state index contributed by atoms with van der Waals surface area (Å²) < 4.78 is 15.0. The number of imidazole rings is 1. The topological polar surface area (TPSA) is 29.9 Å². The molecule has 1 N–H and O–H groups in total. The zero-order valence-corrected chi connectivity index (χ0v) is 10.4. The third kappa shape index (κ3) is 2.58. The van der Waals surface area contributed by atoms with Crippen LogP contribution in [0.25, 0.3) is 0 Å². The Labute approximate surface area is 104 Å². The Morgan fingerprint density at radius 1 is 1.47 bits per heavy atom. The van der Waals surface area contributed by atoms with Gasteiger partial charge in [0.1, 0.15) is 5.82 Å². The summed E-state index contributed by atoms with van der Waals surface area (Å²) >= 11 is 5.74. The van der Waals surface area contributed by atoms with Crippen molar-refractivity contribution in [3.05, 3.63) is 46.5 Å². The van der Waals surface area contributed by atoms with Crippen LogP contribution in [0.4, 0.5) is 10.3 Å². The molecule has 0 saturated heterocycles. The van der Waals surface area contributed by atoms with E-state index in [1.165, 1.54) is 6.07 Å². The maximum absolute atomic E-state index is 13.0. The van der Waals surface area contributed by atoms with Crippen LogP contribution in [0, 0.1) is 12.7 Å². The molecule has 1 heterocycles.